The van der Waals surface area contributed by atoms with Crippen LogP contribution in [0.15, 0.2) is 60.9 Å². The summed E-state index contributed by atoms with van der Waals surface area (Å²) in [5.41, 5.74) is 2.62. The number of para-hydroxylation sites is 1. The molecule has 128 valence electrons. The van der Waals surface area contributed by atoms with Gasteiger partial charge in [0, 0.05) is 6.20 Å². The van der Waals surface area contributed by atoms with E-state index in [1.165, 1.54) is 18.3 Å². The molecule has 0 saturated heterocycles. The third-order valence-corrected chi connectivity index (χ3v) is 3.71. The molecule has 2 heterocycles. The fraction of sp³-hybridized carbons (Fsp3) is 0.0556. The summed E-state index contributed by atoms with van der Waals surface area (Å²) in [6.45, 7) is 0.462. The normalized spacial score (nSPS) is 10.8. The van der Waals surface area contributed by atoms with Crippen LogP contribution in [-0.2, 0) is 6.54 Å². The van der Waals surface area contributed by atoms with Gasteiger partial charge in [0.1, 0.15) is 11.3 Å². The lowest BCUT2D eigenvalue weighted by molar-refractivity contribution is 0.101. The van der Waals surface area contributed by atoms with Crippen LogP contribution in [0.5, 0.6) is 0 Å². The summed E-state index contributed by atoms with van der Waals surface area (Å²) in [5, 5.41) is 14.7. The van der Waals surface area contributed by atoms with Crippen molar-refractivity contribution in [3.63, 3.8) is 0 Å². The van der Waals surface area contributed by atoms with E-state index in [2.05, 4.69) is 25.6 Å². The monoisotopic (exact) mass is 348 g/mol. The third-order valence-electron chi connectivity index (χ3n) is 3.71. The Morgan fingerprint density at radius 2 is 1.81 bits per heavy atom. The number of halogens is 1. The number of rotatable bonds is 4. The SMILES string of the molecule is O=C(Nc1cnn(Cc2ccc(F)cc2)c1)c1nnc2ccccc2n1. The maximum absolute atomic E-state index is 12.9. The second kappa shape index (κ2) is 6.67. The number of anilines is 1. The van der Waals surface area contributed by atoms with Crippen molar-refractivity contribution >= 4 is 22.6 Å². The van der Waals surface area contributed by atoms with Crippen molar-refractivity contribution in [1.82, 2.24) is 25.0 Å². The van der Waals surface area contributed by atoms with Crippen LogP contribution < -0.4 is 5.32 Å². The first-order valence-corrected chi connectivity index (χ1v) is 7.85. The number of carbonyl (C=O) groups is 1. The summed E-state index contributed by atoms with van der Waals surface area (Å²) >= 11 is 0. The number of fused-ring (bicyclic) bond motifs is 1. The molecule has 0 spiro atoms. The fourth-order valence-electron chi connectivity index (χ4n) is 2.46. The summed E-state index contributed by atoms with van der Waals surface area (Å²) in [6, 6.07) is 13.3. The standard InChI is InChI=1S/C18H13FN6O/c19-13-7-5-12(6-8-13)10-25-11-14(9-20-25)21-18(26)17-22-15-3-1-2-4-16(15)23-24-17/h1-9,11H,10H2,(H,21,26). The van der Waals surface area contributed by atoms with Gasteiger partial charge in [-0.15, -0.1) is 10.2 Å². The lowest BCUT2D eigenvalue weighted by atomic mass is 10.2. The van der Waals surface area contributed by atoms with Gasteiger partial charge in [0.25, 0.3) is 5.91 Å². The molecule has 0 aliphatic heterocycles. The average Bonchev–Trinajstić information content (AvgIpc) is 3.10. The van der Waals surface area contributed by atoms with Crippen molar-refractivity contribution < 1.29 is 9.18 Å². The van der Waals surface area contributed by atoms with Crippen LogP contribution >= 0.6 is 0 Å². The third kappa shape index (κ3) is 3.39. The number of carbonyl (C=O) groups excluding carboxylic acids is 1. The second-order valence-corrected chi connectivity index (χ2v) is 5.63. The molecule has 1 amide bonds. The number of benzene rings is 2. The zero-order valence-corrected chi connectivity index (χ0v) is 13.5. The van der Waals surface area contributed by atoms with Crippen LogP contribution in [0.3, 0.4) is 0 Å². The molecule has 2 aromatic heterocycles. The van der Waals surface area contributed by atoms with E-state index in [9.17, 15) is 9.18 Å². The number of nitrogens with zero attached hydrogens (tertiary/aromatic N) is 5. The Bertz CT molecular complexity index is 1080. The Balaban J connectivity index is 1.47. The van der Waals surface area contributed by atoms with Crippen LogP contribution in [0.2, 0.25) is 0 Å². The summed E-state index contributed by atoms with van der Waals surface area (Å²) < 4.78 is 14.6. The number of amides is 1. The van der Waals surface area contributed by atoms with Crippen molar-refractivity contribution in [1.29, 1.82) is 0 Å². The van der Waals surface area contributed by atoms with Crippen LogP contribution in [0, 0.1) is 5.82 Å². The van der Waals surface area contributed by atoms with E-state index in [-0.39, 0.29) is 11.6 Å². The van der Waals surface area contributed by atoms with Crippen molar-refractivity contribution in [2.24, 2.45) is 0 Å². The van der Waals surface area contributed by atoms with Gasteiger partial charge in [0.15, 0.2) is 0 Å². The van der Waals surface area contributed by atoms with Gasteiger partial charge in [-0.05, 0) is 29.8 Å². The van der Waals surface area contributed by atoms with Crippen LogP contribution in [-0.4, -0.2) is 30.9 Å². The zero-order valence-electron chi connectivity index (χ0n) is 13.5. The van der Waals surface area contributed by atoms with Gasteiger partial charge in [0.2, 0.25) is 5.82 Å². The van der Waals surface area contributed by atoms with E-state index in [0.29, 0.717) is 23.3 Å². The van der Waals surface area contributed by atoms with Crippen molar-refractivity contribution in [2.45, 2.75) is 6.54 Å². The molecule has 7 nitrogen and oxygen atoms in total. The number of aromatic nitrogens is 5. The molecule has 4 aromatic rings. The van der Waals surface area contributed by atoms with Crippen LogP contribution in [0.1, 0.15) is 16.2 Å². The van der Waals surface area contributed by atoms with Gasteiger partial charge in [-0.25, -0.2) is 9.37 Å². The van der Waals surface area contributed by atoms with Crippen LogP contribution in [0.4, 0.5) is 10.1 Å². The van der Waals surface area contributed by atoms with Gasteiger partial charge < -0.3 is 5.32 Å². The maximum Gasteiger partial charge on any atom is 0.295 e. The molecule has 0 fully saturated rings. The van der Waals surface area contributed by atoms with Gasteiger partial charge in [-0.2, -0.15) is 5.10 Å². The smallest absolute Gasteiger partial charge is 0.295 e. The van der Waals surface area contributed by atoms with E-state index in [1.807, 2.05) is 12.1 Å². The highest BCUT2D eigenvalue weighted by Gasteiger charge is 2.12. The second-order valence-electron chi connectivity index (χ2n) is 5.63. The Hall–Kier alpha value is -3.68. The molecule has 26 heavy (non-hydrogen) atoms. The summed E-state index contributed by atoms with van der Waals surface area (Å²) in [4.78, 5) is 16.5. The minimum absolute atomic E-state index is 0.0185. The first-order chi connectivity index (χ1) is 12.7. The Morgan fingerprint density at radius 3 is 2.62 bits per heavy atom. The van der Waals surface area contributed by atoms with E-state index < -0.39 is 5.91 Å². The van der Waals surface area contributed by atoms with E-state index >= 15 is 0 Å². The van der Waals surface area contributed by atoms with E-state index in [4.69, 9.17) is 0 Å². The summed E-state index contributed by atoms with van der Waals surface area (Å²) in [7, 11) is 0. The van der Waals surface area contributed by atoms with Gasteiger partial charge >= 0.3 is 0 Å². The fourth-order valence-corrected chi connectivity index (χ4v) is 2.46. The molecule has 0 atom stereocenters. The number of nitrogens with one attached hydrogen (secondary N) is 1. The predicted octanol–water partition coefficient (Wildman–Crippen LogP) is 2.66. The molecule has 0 saturated carbocycles. The largest absolute Gasteiger partial charge is 0.316 e. The molecule has 0 bridgehead atoms. The Labute approximate surface area is 147 Å². The van der Waals surface area contributed by atoms with Gasteiger partial charge in [-0.3, -0.25) is 9.48 Å². The predicted molar refractivity (Wildman–Crippen MR) is 93.0 cm³/mol. The van der Waals surface area contributed by atoms with Gasteiger partial charge in [-0.1, -0.05) is 24.3 Å². The first kappa shape index (κ1) is 15.8. The molecule has 1 N–H and O–H groups in total. The topological polar surface area (TPSA) is 85.6 Å². The van der Waals surface area contributed by atoms with Gasteiger partial charge in [0.05, 0.1) is 23.9 Å². The molecule has 0 aliphatic carbocycles. The maximum atomic E-state index is 12.9. The molecule has 8 heteroatoms. The molecule has 4 rings (SSSR count). The molecular formula is C18H13FN6O. The highest BCUT2D eigenvalue weighted by molar-refractivity contribution is 6.01. The average molecular weight is 348 g/mol. The van der Waals surface area contributed by atoms with E-state index in [1.54, 1.807) is 35.1 Å². The van der Waals surface area contributed by atoms with Crippen molar-refractivity contribution in [3.8, 4) is 0 Å². The highest BCUT2D eigenvalue weighted by Crippen LogP contribution is 2.11. The number of hydrogen-bond acceptors (Lipinski definition) is 5. The molecule has 0 radical (unpaired) electrons. The Kier molecular flexibility index (Phi) is 4.06. The molecule has 2 aromatic carbocycles. The molecular weight excluding hydrogens is 335 g/mol. The number of hydrogen-bond donors (Lipinski definition) is 1. The minimum atomic E-state index is -0.468. The van der Waals surface area contributed by atoms with Crippen molar-refractivity contribution in [2.75, 3.05) is 5.32 Å². The van der Waals surface area contributed by atoms with Crippen molar-refractivity contribution in [3.05, 3.63) is 78.1 Å². The zero-order chi connectivity index (χ0) is 17.9. The summed E-state index contributed by atoms with van der Waals surface area (Å²) in [5.74, 6) is -0.772. The molecule has 0 aliphatic rings. The quantitative estimate of drug-likeness (QED) is 0.613. The molecule has 0 unspecified atom stereocenters. The summed E-state index contributed by atoms with van der Waals surface area (Å²) in [6.07, 6.45) is 3.20. The Morgan fingerprint density at radius 1 is 1.04 bits per heavy atom. The highest BCUT2D eigenvalue weighted by atomic mass is 19.1. The van der Waals surface area contributed by atoms with E-state index in [0.717, 1.165) is 5.56 Å². The minimum Gasteiger partial charge on any atom is -0.316 e. The lowest BCUT2D eigenvalue weighted by Gasteiger charge is -2.02. The first-order valence-electron chi connectivity index (χ1n) is 7.85. The lowest BCUT2D eigenvalue weighted by Crippen LogP contribution is -2.16. The van der Waals surface area contributed by atoms with Crippen LogP contribution in [0.25, 0.3) is 11.0 Å².